The van der Waals surface area contributed by atoms with E-state index in [1.807, 2.05) is 0 Å². The monoisotopic (exact) mass is 246 g/mol. The van der Waals surface area contributed by atoms with Crippen molar-refractivity contribution in [1.29, 1.82) is 0 Å². The molecule has 0 aliphatic rings. The van der Waals surface area contributed by atoms with Crippen molar-refractivity contribution in [3.8, 4) is 11.3 Å². The van der Waals surface area contributed by atoms with Crippen LogP contribution in [0.3, 0.4) is 0 Å². The molecule has 1 aromatic heterocycles. The van der Waals surface area contributed by atoms with E-state index in [1.54, 1.807) is 24.7 Å². The number of halogens is 3. The van der Waals surface area contributed by atoms with Crippen LogP contribution in [0.4, 0.5) is 0 Å². The molecule has 72 valence electrons. The second kappa shape index (κ2) is 3.81. The predicted octanol–water partition coefficient (Wildman–Crippen LogP) is 4.04. The Morgan fingerprint density at radius 3 is 2.21 bits per heavy atom. The van der Waals surface area contributed by atoms with E-state index >= 15 is 0 Å². The van der Waals surface area contributed by atoms with Crippen molar-refractivity contribution in [3.63, 3.8) is 0 Å². The maximum atomic E-state index is 6.01. The summed E-state index contributed by atoms with van der Waals surface area (Å²) in [7, 11) is 0. The number of rotatable bonds is 1. The molecule has 0 aliphatic heterocycles. The molecule has 5 heteroatoms. The summed E-state index contributed by atoms with van der Waals surface area (Å²) >= 11 is 17.8. The van der Waals surface area contributed by atoms with Crippen LogP contribution in [0.15, 0.2) is 24.7 Å². The van der Waals surface area contributed by atoms with Gasteiger partial charge in [-0.2, -0.15) is 0 Å². The minimum atomic E-state index is 0.506. The molecule has 0 unspecified atom stereocenters. The van der Waals surface area contributed by atoms with Gasteiger partial charge in [-0.3, -0.25) is 0 Å². The van der Waals surface area contributed by atoms with Crippen molar-refractivity contribution in [2.45, 2.75) is 0 Å². The van der Waals surface area contributed by atoms with E-state index in [1.165, 1.54) is 0 Å². The smallest absolute Gasteiger partial charge is 0.0924 e. The summed E-state index contributed by atoms with van der Waals surface area (Å²) in [4.78, 5) is 6.83. The van der Waals surface area contributed by atoms with Crippen molar-refractivity contribution >= 4 is 34.8 Å². The number of H-pyrrole nitrogens is 1. The van der Waals surface area contributed by atoms with E-state index < -0.39 is 0 Å². The molecule has 0 saturated carbocycles. The Bertz CT molecular complexity index is 428. The minimum Gasteiger partial charge on any atom is -0.345 e. The maximum Gasteiger partial charge on any atom is 0.0924 e. The van der Waals surface area contributed by atoms with Crippen molar-refractivity contribution < 1.29 is 0 Å². The Balaban J connectivity index is 2.64. The summed E-state index contributed by atoms with van der Waals surface area (Å²) in [6.45, 7) is 0. The van der Waals surface area contributed by atoms with Crippen molar-refractivity contribution in [3.05, 3.63) is 39.7 Å². The molecule has 1 N–H and O–H groups in total. The van der Waals surface area contributed by atoms with Crippen LogP contribution in [0, 0.1) is 0 Å². The van der Waals surface area contributed by atoms with Gasteiger partial charge in [0.05, 0.1) is 28.3 Å². The lowest BCUT2D eigenvalue weighted by Crippen LogP contribution is -1.81. The van der Waals surface area contributed by atoms with Crippen LogP contribution < -0.4 is 0 Å². The van der Waals surface area contributed by atoms with E-state index in [9.17, 15) is 0 Å². The lowest BCUT2D eigenvalue weighted by Gasteiger charge is -2.04. The zero-order valence-electron chi connectivity index (χ0n) is 6.89. The second-order valence-electron chi connectivity index (χ2n) is 2.71. The molecule has 2 aromatic rings. The molecule has 0 fully saturated rings. The first-order valence-electron chi connectivity index (χ1n) is 3.82. The summed E-state index contributed by atoms with van der Waals surface area (Å²) in [5.41, 5.74) is 1.49. The first-order chi connectivity index (χ1) is 6.68. The SMILES string of the molecule is Clc1cc(Cl)c(-c2cnc[nH]2)c(Cl)c1. The van der Waals surface area contributed by atoms with Crippen LogP contribution in [-0.4, -0.2) is 9.97 Å². The number of nitrogens with one attached hydrogen (secondary N) is 1. The Kier molecular flexibility index (Phi) is 2.68. The van der Waals surface area contributed by atoms with Crippen LogP contribution in [-0.2, 0) is 0 Å². The Hall–Kier alpha value is -0.700. The van der Waals surface area contributed by atoms with E-state index in [0.717, 1.165) is 11.3 Å². The molecule has 0 amide bonds. The summed E-state index contributed by atoms with van der Waals surface area (Å²) in [6.07, 6.45) is 3.22. The predicted molar refractivity (Wildman–Crippen MR) is 59.1 cm³/mol. The molecule has 0 saturated heterocycles. The number of aromatic amines is 1. The van der Waals surface area contributed by atoms with Crippen LogP contribution in [0.5, 0.6) is 0 Å². The number of nitrogens with zero attached hydrogens (tertiary/aromatic N) is 1. The normalized spacial score (nSPS) is 10.5. The number of aromatic nitrogens is 2. The Morgan fingerprint density at radius 2 is 1.71 bits per heavy atom. The molecule has 1 aromatic carbocycles. The van der Waals surface area contributed by atoms with Gasteiger partial charge in [0.25, 0.3) is 0 Å². The van der Waals surface area contributed by atoms with Crippen LogP contribution in [0.25, 0.3) is 11.3 Å². The fraction of sp³-hybridized carbons (Fsp3) is 0. The quantitative estimate of drug-likeness (QED) is 0.809. The molecule has 14 heavy (non-hydrogen) atoms. The molecule has 0 atom stereocenters. The van der Waals surface area contributed by atoms with Crippen molar-refractivity contribution in [2.24, 2.45) is 0 Å². The molecule has 0 spiro atoms. The highest BCUT2D eigenvalue weighted by molar-refractivity contribution is 6.41. The molecule has 0 aliphatic carbocycles. The topological polar surface area (TPSA) is 28.7 Å². The zero-order valence-corrected chi connectivity index (χ0v) is 9.16. The fourth-order valence-electron chi connectivity index (χ4n) is 1.19. The highest BCUT2D eigenvalue weighted by atomic mass is 35.5. The van der Waals surface area contributed by atoms with Gasteiger partial charge in [0.1, 0.15) is 0 Å². The number of hydrogen-bond donors (Lipinski definition) is 1. The largest absolute Gasteiger partial charge is 0.345 e. The van der Waals surface area contributed by atoms with Gasteiger partial charge in [-0.15, -0.1) is 0 Å². The molecule has 0 bridgehead atoms. The van der Waals surface area contributed by atoms with Gasteiger partial charge >= 0.3 is 0 Å². The van der Waals surface area contributed by atoms with Gasteiger partial charge in [0, 0.05) is 10.6 Å². The van der Waals surface area contributed by atoms with Crippen molar-refractivity contribution in [1.82, 2.24) is 9.97 Å². The second-order valence-corrected chi connectivity index (χ2v) is 3.96. The first kappa shape index (κ1) is 9.84. The maximum absolute atomic E-state index is 6.01. The molecule has 0 radical (unpaired) electrons. The molecular weight excluding hydrogens is 242 g/mol. The highest BCUT2D eigenvalue weighted by Gasteiger charge is 2.10. The van der Waals surface area contributed by atoms with E-state index in [4.69, 9.17) is 34.8 Å². The van der Waals surface area contributed by atoms with Crippen molar-refractivity contribution in [2.75, 3.05) is 0 Å². The Labute approximate surface area is 95.8 Å². The molecular formula is C9H5Cl3N2. The van der Waals surface area contributed by atoms with Gasteiger partial charge < -0.3 is 4.98 Å². The van der Waals surface area contributed by atoms with Crippen LogP contribution in [0.1, 0.15) is 0 Å². The first-order valence-corrected chi connectivity index (χ1v) is 4.95. The molecule has 2 rings (SSSR count). The third kappa shape index (κ3) is 1.73. The number of hydrogen-bond acceptors (Lipinski definition) is 1. The molecule has 1 heterocycles. The van der Waals surface area contributed by atoms with Gasteiger partial charge in [-0.05, 0) is 12.1 Å². The van der Waals surface area contributed by atoms with E-state index in [0.29, 0.717) is 15.1 Å². The van der Waals surface area contributed by atoms with Gasteiger partial charge in [0.2, 0.25) is 0 Å². The van der Waals surface area contributed by atoms with Gasteiger partial charge in [0.15, 0.2) is 0 Å². The van der Waals surface area contributed by atoms with Gasteiger partial charge in [-0.1, -0.05) is 34.8 Å². The average Bonchev–Trinajstić information content (AvgIpc) is 2.54. The van der Waals surface area contributed by atoms with Gasteiger partial charge in [-0.25, -0.2) is 4.98 Å². The summed E-state index contributed by atoms with van der Waals surface area (Å²) in [6, 6.07) is 3.29. The highest BCUT2D eigenvalue weighted by Crippen LogP contribution is 2.35. The molecule has 2 nitrogen and oxygen atoms in total. The van der Waals surface area contributed by atoms with E-state index in [2.05, 4.69) is 9.97 Å². The lowest BCUT2D eigenvalue weighted by atomic mass is 10.2. The summed E-state index contributed by atoms with van der Waals surface area (Å²) in [5.74, 6) is 0. The summed E-state index contributed by atoms with van der Waals surface area (Å²) in [5, 5.41) is 1.53. The fourth-order valence-corrected chi connectivity index (χ4v) is 2.21. The number of imidazole rings is 1. The lowest BCUT2D eigenvalue weighted by molar-refractivity contribution is 1.31. The van der Waals surface area contributed by atoms with E-state index in [-0.39, 0.29) is 0 Å². The number of benzene rings is 1. The summed E-state index contributed by atoms with van der Waals surface area (Å²) < 4.78 is 0. The third-order valence-corrected chi connectivity index (χ3v) is 2.59. The standard InChI is InChI=1S/C9H5Cl3N2/c10-5-1-6(11)9(7(12)2-5)8-3-13-4-14-8/h1-4H,(H,13,14). The third-order valence-electron chi connectivity index (χ3n) is 1.77. The van der Waals surface area contributed by atoms with Crippen LogP contribution in [0.2, 0.25) is 15.1 Å². The van der Waals surface area contributed by atoms with Crippen LogP contribution >= 0.6 is 34.8 Å². The minimum absolute atomic E-state index is 0.506. The Morgan fingerprint density at radius 1 is 1.07 bits per heavy atom. The average molecular weight is 248 g/mol. The zero-order chi connectivity index (χ0) is 10.1.